The highest BCUT2D eigenvalue weighted by molar-refractivity contribution is 7.99. The molecule has 0 aliphatic heterocycles. The number of aromatic nitrogens is 1. The fourth-order valence-electron chi connectivity index (χ4n) is 2.18. The Labute approximate surface area is 131 Å². The minimum atomic E-state index is -0.315. The zero-order valence-corrected chi connectivity index (χ0v) is 13.6. The molecule has 0 aliphatic carbocycles. The predicted molar refractivity (Wildman–Crippen MR) is 89.9 cm³/mol. The van der Waals surface area contributed by atoms with Gasteiger partial charge in [0.05, 0.1) is 17.2 Å². The van der Waals surface area contributed by atoms with Gasteiger partial charge in [0.1, 0.15) is 0 Å². The summed E-state index contributed by atoms with van der Waals surface area (Å²) >= 11 is 1.71. The molecule has 112 valence electrons. The Morgan fingerprint density at radius 2 is 1.90 bits per heavy atom. The van der Waals surface area contributed by atoms with Gasteiger partial charge in [-0.1, -0.05) is 24.3 Å². The highest BCUT2D eigenvalue weighted by atomic mass is 32.2. The maximum absolute atomic E-state index is 6.09. The summed E-state index contributed by atoms with van der Waals surface area (Å²) in [7, 11) is 1.94. The van der Waals surface area contributed by atoms with Gasteiger partial charge in [-0.25, -0.2) is 4.98 Å². The molecule has 4 heteroatoms. The molecule has 1 aromatic carbocycles. The maximum atomic E-state index is 6.09. The number of hydrogen-bond acceptors (Lipinski definition) is 4. The Morgan fingerprint density at radius 1 is 1.14 bits per heavy atom. The van der Waals surface area contributed by atoms with Gasteiger partial charge in [-0.15, -0.1) is 11.8 Å². The summed E-state index contributed by atoms with van der Waals surface area (Å²) in [6.45, 7) is 4.90. The first-order valence-electron chi connectivity index (χ1n) is 7.08. The van der Waals surface area contributed by atoms with Gasteiger partial charge in [-0.2, -0.15) is 0 Å². The molecule has 0 atom stereocenters. The first-order chi connectivity index (χ1) is 10.1. The van der Waals surface area contributed by atoms with E-state index in [9.17, 15) is 0 Å². The molecule has 0 aliphatic rings. The summed E-state index contributed by atoms with van der Waals surface area (Å²) in [6, 6.07) is 14.2. The molecule has 0 amide bonds. The van der Waals surface area contributed by atoms with E-state index >= 15 is 0 Å². The van der Waals surface area contributed by atoms with E-state index in [1.54, 1.807) is 11.8 Å². The van der Waals surface area contributed by atoms with Crippen molar-refractivity contribution in [3.05, 3.63) is 54.2 Å². The standard InChI is InChI=1S/C17H22N2OS/c1-17(2,14-8-4-5-9-15(14)18-3)20-12-13-21-16-10-6-7-11-19-16/h4-11,18H,12-13H2,1-3H3. The summed E-state index contributed by atoms with van der Waals surface area (Å²) < 4.78 is 6.09. The van der Waals surface area contributed by atoms with E-state index in [0.717, 1.165) is 16.5 Å². The Balaban J connectivity index is 1.89. The van der Waals surface area contributed by atoms with Gasteiger partial charge in [0.15, 0.2) is 0 Å². The van der Waals surface area contributed by atoms with Crippen molar-refractivity contribution >= 4 is 17.4 Å². The average Bonchev–Trinajstić information content (AvgIpc) is 2.52. The van der Waals surface area contributed by atoms with E-state index in [-0.39, 0.29) is 5.60 Å². The Morgan fingerprint density at radius 3 is 2.62 bits per heavy atom. The normalized spacial score (nSPS) is 11.4. The van der Waals surface area contributed by atoms with Crippen LogP contribution < -0.4 is 5.32 Å². The summed E-state index contributed by atoms with van der Waals surface area (Å²) in [5.41, 5.74) is 1.97. The monoisotopic (exact) mass is 302 g/mol. The SMILES string of the molecule is CNc1ccccc1C(C)(C)OCCSc1ccccn1. The molecule has 3 nitrogen and oxygen atoms in total. The third-order valence-electron chi connectivity index (χ3n) is 3.28. The molecule has 0 fully saturated rings. The van der Waals surface area contributed by atoms with Gasteiger partial charge >= 0.3 is 0 Å². The van der Waals surface area contributed by atoms with Crippen molar-refractivity contribution in [2.75, 3.05) is 24.7 Å². The van der Waals surface area contributed by atoms with Crippen LogP contribution in [0.3, 0.4) is 0 Å². The topological polar surface area (TPSA) is 34.1 Å². The lowest BCUT2D eigenvalue weighted by Gasteiger charge is -2.28. The molecule has 1 N–H and O–H groups in total. The smallest absolute Gasteiger partial charge is 0.0960 e. The number of hydrogen-bond donors (Lipinski definition) is 1. The van der Waals surface area contributed by atoms with Crippen LogP contribution in [0.1, 0.15) is 19.4 Å². The molecule has 0 spiro atoms. The Hall–Kier alpha value is -1.52. The molecule has 2 rings (SSSR count). The van der Waals surface area contributed by atoms with Crippen molar-refractivity contribution < 1.29 is 4.74 Å². The van der Waals surface area contributed by atoms with Crippen molar-refractivity contribution in [2.24, 2.45) is 0 Å². The maximum Gasteiger partial charge on any atom is 0.0960 e. The van der Waals surface area contributed by atoms with Crippen molar-refractivity contribution in [1.82, 2.24) is 4.98 Å². The lowest BCUT2D eigenvalue weighted by Crippen LogP contribution is -2.24. The third kappa shape index (κ3) is 4.48. The largest absolute Gasteiger partial charge is 0.388 e. The fraction of sp³-hybridized carbons (Fsp3) is 0.353. The summed E-state index contributed by atoms with van der Waals surface area (Å²) in [5, 5.41) is 4.26. The van der Waals surface area contributed by atoms with Gasteiger partial charge in [0, 0.05) is 30.2 Å². The van der Waals surface area contributed by atoms with Crippen LogP contribution in [0.5, 0.6) is 0 Å². The molecule has 0 radical (unpaired) electrons. The van der Waals surface area contributed by atoms with Gasteiger partial charge in [0.2, 0.25) is 0 Å². The number of thioether (sulfide) groups is 1. The molecule has 21 heavy (non-hydrogen) atoms. The Kier molecular flexibility index (Phi) is 5.65. The van der Waals surface area contributed by atoms with Crippen LogP contribution in [0.4, 0.5) is 5.69 Å². The highest BCUT2D eigenvalue weighted by Crippen LogP contribution is 2.31. The molecular weight excluding hydrogens is 280 g/mol. The minimum Gasteiger partial charge on any atom is -0.388 e. The zero-order valence-electron chi connectivity index (χ0n) is 12.8. The van der Waals surface area contributed by atoms with Gasteiger partial charge in [0.25, 0.3) is 0 Å². The number of nitrogens with zero attached hydrogens (tertiary/aromatic N) is 1. The van der Waals surface area contributed by atoms with E-state index in [0.29, 0.717) is 6.61 Å². The highest BCUT2D eigenvalue weighted by Gasteiger charge is 2.23. The second kappa shape index (κ2) is 7.48. The predicted octanol–water partition coefficient (Wildman–Crippen LogP) is 4.17. The molecule has 1 heterocycles. The van der Waals surface area contributed by atoms with E-state index in [1.165, 1.54) is 5.56 Å². The second-order valence-electron chi connectivity index (χ2n) is 5.17. The molecule has 0 unspecified atom stereocenters. The van der Waals surface area contributed by atoms with Crippen LogP contribution in [-0.2, 0) is 10.3 Å². The van der Waals surface area contributed by atoms with E-state index < -0.39 is 0 Å². The van der Waals surface area contributed by atoms with Gasteiger partial charge in [-0.3, -0.25) is 0 Å². The number of nitrogens with one attached hydrogen (secondary N) is 1. The van der Waals surface area contributed by atoms with Gasteiger partial charge < -0.3 is 10.1 Å². The molecule has 2 aromatic rings. The number of ether oxygens (including phenoxy) is 1. The van der Waals surface area contributed by atoms with Crippen molar-refractivity contribution in [1.29, 1.82) is 0 Å². The van der Waals surface area contributed by atoms with Crippen LogP contribution in [0.15, 0.2) is 53.7 Å². The minimum absolute atomic E-state index is 0.315. The lowest BCUT2D eigenvalue weighted by atomic mass is 9.96. The molecule has 1 aromatic heterocycles. The number of pyridine rings is 1. The fourth-order valence-corrected chi connectivity index (χ4v) is 2.87. The van der Waals surface area contributed by atoms with Crippen LogP contribution in [0, 0.1) is 0 Å². The second-order valence-corrected chi connectivity index (χ2v) is 6.29. The summed E-state index contributed by atoms with van der Waals surface area (Å²) in [5.74, 6) is 0.891. The van der Waals surface area contributed by atoms with Crippen molar-refractivity contribution in [2.45, 2.75) is 24.5 Å². The molecular formula is C17H22N2OS. The van der Waals surface area contributed by atoms with Gasteiger partial charge in [-0.05, 0) is 32.0 Å². The van der Waals surface area contributed by atoms with Crippen molar-refractivity contribution in [3.63, 3.8) is 0 Å². The van der Waals surface area contributed by atoms with Crippen molar-refractivity contribution in [3.8, 4) is 0 Å². The molecule has 0 saturated heterocycles. The Bertz CT molecular complexity index is 558. The van der Waals surface area contributed by atoms with E-state index in [4.69, 9.17) is 4.74 Å². The first-order valence-corrected chi connectivity index (χ1v) is 8.07. The number of benzene rings is 1. The first kappa shape index (κ1) is 15.9. The molecule has 0 saturated carbocycles. The summed E-state index contributed by atoms with van der Waals surface area (Å²) in [4.78, 5) is 4.30. The average molecular weight is 302 g/mol. The van der Waals surface area contributed by atoms with E-state index in [2.05, 4.69) is 36.3 Å². The van der Waals surface area contributed by atoms with E-state index in [1.807, 2.05) is 43.6 Å². The summed E-state index contributed by atoms with van der Waals surface area (Å²) in [6.07, 6.45) is 1.82. The number of para-hydroxylation sites is 1. The van der Waals surface area contributed by atoms with Crippen LogP contribution in [0.25, 0.3) is 0 Å². The number of rotatable bonds is 7. The van der Waals surface area contributed by atoms with Crippen LogP contribution in [-0.4, -0.2) is 24.4 Å². The third-order valence-corrected chi connectivity index (χ3v) is 4.19. The van der Waals surface area contributed by atoms with Crippen LogP contribution in [0.2, 0.25) is 0 Å². The number of anilines is 1. The molecule has 0 bridgehead atoms. The van der Waals surface area contributed by atoms with Crippen LogP contribution >= 0.6 is 11.8 Å². The zero-order chi connectivity index (χ0) is 15.1. The lowest BCUT2D eigenvalue weighted by molar-refractivity contribution is -0.0119. The quantitative estimate of drug-likeness (QED) is 0.615.